The Balaban J connectivity index is 1.87. The van der Waals surface area contributed by atoms with E-state index < -0.39 is 16.4 Å². The molecule has 0 saturated carbocycles. The minimum atomic E-state index is -0.623. The molecule has 0 aliphatic rings. The van der Waals surface area contributed by atoms with Crippen LogP contribution < -0.4 is 10.9 Å². The Morgan fingerprint density at radius 1 is 1.28 bits per heavy atom. The molecule has 0 bridgehead atoms. The summed E-state index contributed by atoms with van der Waals surface area (Å²) in [5.74, 6) is -0.593. The van der Waals surface area contributed by atoms with E-state index in [1.165, 1.54) is 12.1 Å². The molecule has 25 heavy (non-hydrogen) atoms. The zero-order valence-corrected chi connectivity index (χ0v) is 13.4. The van der Waals surface area contributed by atoms with Gasteiger partial charge in [-0.1, -0.05) is 23.7 Å². The number of halogens is 1. The molecular formula is C16H11ClN4O4. The number of carbonyl (C=O) groups excluding carboxylic acids is 1. The molecular weight excluding hydrogens is 348 g/mol. The van der Waals surface area contributed by atoms with Gasteiger partial charge in [-0.2, -0.15) is 0 Å². The summed E-state index contributed by atoms with van der Waals surface area (Å²) in [7, 11) is 0. The van der Waals surface area contributed by atoms with Gasteiger partial charge in [0.1, 0.15) is 17.4 Å². The fraction of sp³-hybridized carbons (Fsp3) is 0.0625. The molecule has 9 heteroatoms. The van der Waals surface area contributed by atoms with Crippen LogP contribution in [0.2, 0.25) is 5.02 Å². The third kappa shape index (κ3) is 3.64. The van der Waals surface area contributed by atoms with Gasteiger partial charge >= 0.3 is 0 Å². The molecule has 2 N–H and O–H groups in total. The van der Waals surface area contributed by atoms with Crippen LogP contribution in [-0.4, -0.2) is 20.8 Å². The van der Waals surface area contributed by atoms with E-state index >= 15 is 0 Å². The van der Waals surface area contributed by atoms with Gasteiger partial charge in [-0.25, -0.2) is 4.98 Å². The Labute approximate surface area is 145 Å². The number of hydrogen-bond acceptors (Lipinski definition) is 5. The van der Waals surface area contributed by atoms with Gasteiger partial charge in [0.15, 0.2) is 0 Å². The first-order valence-electron chi connectivity index (χ1n) is 7.14. The molecule has 0 aliphatic heterocycles. The van der Waals surface area contributed by atoms with E-state index in [9.17, 15) is 19.7 Å². The molecule has 3 rings (SSSR count). The van der Waals surface area contributed by atoms with E-state index in [-0.39, 0.29) is 23.4 Å². The predicted octanol–water partition coefficient (Wildman–Crippen LogP) is 2.41. The molecule has 1 aromatic carbocycles. The maximum atomic E-state index is 12.3. The molecule has 2 aromatic heterocycles. The van der Waals surface area contributed by atoms with Crippen molar-refractivity contribution in [3.05, 3.63) is 79.2 Å². The SMILES string of the molecule is O=C(NCc1ccc(Cl)cc1)c1cc2cc([N+](=O)[O-])cnc2[nH]c1=O. The lowest BCUT2D eigenvalue weighted by Crippen LogP contribution is -2.29. The highest BCUT2D eigenvalue weighted by Crippen LogP contribution is 2.16. The summed E-state index contributed by atoms with van der Waals surface area (Å²) in [5.41, 5.74) is -0.0181. The van der Waals surface area contributed by atoms with Crippen molar-refractivity contribution in [2.75, 3.05) is 0 Å². The maximum absolute atomic E-state index is 12.3. The standard InChI is InChI=1S/C16H11ClN4O4/c17-11-3-1-9(2-4-11)7-19-15(22)13-6-10-5-12(21(24)25)8-18-14(10)20-16(13)23/h1-6,8H,7H2,(H,19,22)(H,18,20,23). The Bertz CT molecular complexity index is 1030. The summed E-state index contributed by atoms with van der Waals surface area (Å²) in [6, 6.07) is 9.41. The number of nitrogens with zero attached hydrogens (tertiary/aromatic N) is 2. The molecule has 0 spiro atoms. The van der Waals surface area contributed by atoms with E-state index in [2.05, 4.69) is 15.3 Å². The number of benzene rings is 1. The van der Waals surface area contributed by atoms with Crippen LogP contribution in [-0.2, 0) is 6.54 Å². The van der Waals surface area contributed by atoms with Gasteiger partial charge < -0.3 is 10.3 Å². The second kappa shape index (κ2) is 6.70. The summed E-state index contributed by atoms with van der Waals surface area (Å²) >= 11 is 5.79. The van der Waals surface area contributed by atoms with Gasteiger partial charge in [0.2, 0.25) is 0 Å². The average Bonchev–Trinajstić information content (AvgIpc) is 2.60. The summed E-state index contributed by atoms with van der Waals surface area (Å²) in [6.07, 6.45) is 1.04. The number of aromatic amines is 1. The van der Waals surface area contributed by atoms with Gasteiger partial charge in [0.25, 0.3) is 17.2 Å². The first-order valence-corrected chi connectivity index (χ1v) is 7.52. The van der Waals surface area contributed by atoms with Crippen LogP contribution >= 0.6 is 11.6 Å². The number of aromatic nitrogens is 2. The third-order valence-corrected chi connectivity index (χ3v) is 3.75. The van der Waals surface area contributed by atoms with Crippen LogP contribution in [0.1, 0.15) is 15.9 Å². The number of amides is 1. The number of fused-ring (bicyclic) bond motifs is 1. The number of pyridine rings is 2. The van der Waals surface area contributed by atoms with Crippen molar-refractivity contribution in [1.29, 1.82) is 0 Å². The molecule has 0 aliphatic carbocycles. The monoisotopic (exact) mass is 358 g/mol. The van der Waals surface area contributed by atoms with Crippen molar-refractivity contribution in [3.8, 4) is 0 Å². The summed E-state index contributed by atoms with van der Waals surface area (Å²) < 4.78 is 0. The van der Waals surface area contributed by atoms with Gasteiger partial charge in [-0.15, -0.1) is 0 Å². The normalized spacial score (nSPS) is 10.6. The second-order valence-corrected chi connectivity index (χ2v) is 5.65. The highest BCUT2D eigenvalue weighted by Gasteiger charge is 2.14. The highest BCUT2D eigenvalue weighted by atomic mass is 35.5. The fourth-order valence-corrected chi connectivity index (χ4v) is 2.35. The summed E-state index contributed by atoms with van der Waals surface area (Å²) in [6.45, 7) is 0.209. The van der Waals surface area contributed by atoms with Gasteiger partial charge in [-0.3, -0.25) is 19.7 Å². The van der Waals surface area contributed by atoms with Crippen molar-refractivity contribution in [2.24, 2.45) is 0 Å². The maximum Gasteiger partial charge on any atom is 0.288 e. The van der Waals surface area contributed by atoms with Gasteiger partial charge in [0, 0.05) is 23.0 Å². The average molecular weight is 359 g/mol. The Kier molecular flexibility index (Phi) is 4.44. The molecule has 0 fully saturated rings. The predicted molar refractivity (Wildman–Crippen MR) is 91.6 cm³/mol. The van der Waals surface area contributed by atoms with Crippen molar-refractivity contribution in [2.45, 2.75) is 6.54 Å². The molecule has 0 unspecified atom stereocenters. The number of H-pyrrole nitrogens is 1. The van der Waals surface area contributed by atoms with Crippen LogP contribution in [0.5, 0.6) is 0 Å². The van der Waals surface area contributed by atoms with E-state index in [0.717, 1.165) is 11.8 Å². The lowest BCUT2D eigenvalue weighted by molar-refractivity contribution is -0.385. The van der Waals surface area contributed by atoms with E-state index in [4.69, 9.17) is 11.6 Å². The van der Waals surface area contributed by atoms with Crippen LogP contribution in [0.15, 0.2) is 47.4 Å². The van der Waals surface area contributed by atoms with Crippen LogP contribution in [0.4, 0.5) is 5.69 Å². The Morgan fingerprint density at radius 2 is 2.00 bits per heavy atom. The van der Waals surface area contributed by atoms with Crippen molar-refractivity contribution in [3.63, 3.8) is 0 Å². The molecule has 0 atom stereocenters. The first kappa shape index (κ1) is 16.6. The van der Waals surface area contributed by atoms with Crippen molar-refractivity contribution < 1.29 is 9.72 Å². The third-order valence-electron chi connectivity index (χ3n) is 3.50. The smallest absolute Gasteiger partial charge is 0.288 e. The van der Waals surface area contributed by atoms with Crippen LogP contribution in [0, 0.1) is 10.1 Å². The summed E-state index contributed by atoms with van der Waals surface area (Å²) in [5, 5.41) is 14.3. The largest absolute Gasteiger partial charge is 0.348 e. The number of carbonyl (C=O) groups is 1. The number of nitrogens with one attached hydrogen (secondary N) is 2. The first-order chi connectivity index (χ1) is 11.9. The second-order valence-electron chi connectivity index (χ2n) is 5.21. The molecule has 2 heterocycles. The number of hydrogen-bond donors (Lipinski definition) is 2. The zero-order valence-electron chi connectivity index (χ0n) is 12.7. The van der Waals surface area contributed by atoms with Crippen LogP contribution in [0.3, 0.4) is 0 Å². The van der Waals surface area contributed by atoms with Gasteiger partial charge in [-0.05, 0) is 23.8 Å². The van der Waals surface area contributed by atoms with E-state index in [1.54, 1.807) is 24.3 Å². The quantitative estimate of drug-likeness (QED) is 0.548. The molecule has 0 saturated heterocycles. The molecule has 0 radical (unpaired) electrons. The number of rotatable bonds is 4. The number of nitro groups is 1. The molecule has 8 nitrogen and oxygen atoms in total. The highest BCUT2D eigenvalue weighted by molar-refractivity contribution is 6.30. The topological polar surface area (TPSA) is 118 Å². The minimum Gasteiger partial charge on any atom is -0.348 e. The van der Waals surface area contributed by atoms with Crippen LogP contribution in [0.25, 0.3) is 11.0 Å². The van der Waals surface area contributed by atoms with Crippen molar-refractivity contribution >= 4 is 34.2 Å². The fourth-order valence-electron chi connectivity index (χ4n) is 2.23. The Morgan fingerprint density at radius 3 is 2.68 bits per heavy atom. The van der Waals surface area contributed by atoms with E-state index in [1.807, 2.05) is 0 Å². The Hall–Kier alpha value is -3.26. The minimum absolute atomic E-state index is 0.149. The molecule has 1 amide bonds. The summed E-state index contributed by atoms with van der Waals surface area (Å²) in [4.78, 5) is 40.8. The van der Waals surface area contributed by atoms with Crippen molar-refractivity contribution in [1.82, 2.24) is 15.3 Å². The lowest BCUT2D eigenvalue weighted by atomic mass is 10.2. The van der Waals surface area contributed by atoms with E-state index in [0.29, 0.717) is 10.4 Å². The van der Waals surface area contributed by atoms with Gasteiger partial charge in [0.05, 0.1) is 4.92 Å². The molecule has 126 valence electrons. The lowest BCUT2D eigenvalue weighted by Gasteiger charge is -2.06. The zero-order chi connectivity index (χ0) is 18.0. The molecule has 3 aromatic rings.